The lowest BCUT2D eigenvalue weighted by Crippen LogP contribution is -2.52. The molecule has 204 valence electrons. The third-order valence-corrected chi connectivity index (χ3v) is 8.70. The molecule has 1 saturated heterocycles. The second-order valence-electron chi connectivity index (χ2n) is 11.0. The summed E-state index contributed by atoms with van der Waals surface area (Å²) < 4.78 is 7.39. The van der Waals surface area contributed by atoms with Gasteiger partial charge in [0, 0.05) is 50.8 Å². The second kappa shape index (κ2) is 11.8. The Bertz CT molecular complexity index is 1310. The van der Waals surface area contributed by atoms with Crippen molar-refractivity contribution in [2.75, 3.05) is 33.3 Å². The van der Waals surface area contributed by atoms with Crippen LogP contribution in [-0.4, -0.2) is 75.1 Å². The standard InChI is InChI=1S/C31H38N6O2/c1-39-27-13-12-24-22-29(38)28(21-25(24)20-27)30(36-18-16-35(17-19-36)26-10-6-3-7-11-26)31-32-33-34-37(31)15-14-23-8-4-2-5-9-23/h2,4-5,8-9,12-13,20-21,26,30H,3,6-7,10-11,14-19,22H2,1H3. The Hall–Kier alpha value is -3.36. The van der Waals surface area contributed by atoms with Gasteiger partial charge in [-0.25, -0.2) is 4.68 Å². The van der Waals surface area contributed by atoms with Crippen molar-refractivity contribution >= 4 is 11.9 Å². The summed E-state index contributed by atoms with van der Waals surface area (Å²) in [6.07, 6.45) is 9.93. The number of nitrogens with zero attached hydrogens (tertiary/aromatic N) is 6. The number of ketones is 1. The van der Waals surface area contributed by atoms with E-state index in [1.807, 2.05) is 28.9 Å². The smallest absolute Gasteiger partial charge is 0.173 e. The number of rotatable bonds is 8. The van der Waals surface area contributed by atoms with Crippen LogP contribution in [0.25, 0.3) is 6.08 Å². The lowest BCUT2D eigenvalue weighted by atomic mass is 9.86. The molecular formula is C31H38N6O2. The van der Waals surface area contributed by atoms with E-state index in [1.54, 1.807) is 7.11 Å². The topological polar surface area (TPSA) is 76.4 Å². The van der Waals surface area contributed by atoms with Crippen LogP contribution in [0.1, 0.15) is 60.7 Å². The molecule has 2 heterocycles. The molecule has 0 amide bonds. The number of piperazine rings is 1. The highest BCUT2D eigenvalue weighted by Gasteiger charge is 2.37. The van der Waals surface area contributed by atoms with E-state index < -0.39 is 0 Å². The van der Waals surface area contributed by atoms with Gasteiger partial charge in [-0.2, -0.15) is 0 Å². The lowest BCUT2D eigenvalue weighted by Gasteiger charge is -2.43. The Kier molecular flexibility index (Phi) is 7.83. The molecule has 0 radical (unpaired) electrons. The molecule has 8 heteroatoms. The number of carbonyl (C=O) groups is 1. The zero-order chi connectivity index (χ0) is 26.6. The minimum atomic E-state index is -0.281. The van der Waals surface area contributed by atoms with E-state index >= 15 is 0 Å². The van der Waals surface area contributed by atoms with Gasteiger partial charge in [-0.1, -0.05) is 55.7 Å². The molecule has 2 fully saturated rings. The first-order valence-corrected chi connectivity index (χ1v) is 14.4. The fourth-order valence-corrected chi connectivity index (χ4v) is 6.50. The molecule has 8 nitrogen and oxygen atoms in total. The number of hydrogen-bond acceptors (Lipinski definition) is 7. The van der Waals surface area contributed by atoms with E-state index in [0.29, 0.717) is 19.0 Å². The quantitative estimate of drug-likeness (QED) is 0.437. The van der Waals surface area contributed by atoms with Gasteiger partial charge in [0.25, 0.3) is 0 Å². The molecule has 2 aliphatic carbocycles. The first-order valence-electron chi connectivity index (χ1n) is 14.4. The summed E-state index contributed by atoms with van der Waals surface area (Å²) in [7, 11) is 1.68. The van der Waals surface area contributed by atoms with Gasteiger partial charge in [-0.15, -0.1) is 5.10 Å². The molecule has 0 spiro atoms. The summed E-state index contributed by atoms with van der Waals surface area (Å²) in [5.41, 5.74) is 4.09. The third-order valence-electron chi connectivity index (χ3n) is 8.70. The molecule has 0 N–H and O–H groups in total. The Morgan fingerprint density at radius 1 is 1.00 bits per heavy atom. The highest BCUT2D eigenvalue weighted by Crippen LogP contribution is 2.36. The molecule has 6 rings (SSSR count). The third kappa shape index (κ3) is 5.68. The van der Waals surface area contributed by atoms with Gasteiger partial charge in [-0.3, -0.25) is 14.6 Å². The molecular weight excluding hydrogens is 488 g/mol. The zero-order valence-electron chi connectivity index (χ0n) is 22.8. The van der Waals surface area contributed by atoms with Crippen molar-refractivity contribution in [2.24, 2.45) is 0 Å². The number of benzene rings is 2. The molecule has 3 aromatic rings. The van der Waals surface area contributed by atoms with Gasteiger partial charge in [-0.05, 0) is 64.6 Å². The zero-order valence-corrected chi connectivity index (χ0v) is 22.8. The number of Topliss-reactive ketones (excluding diaryl/α,β-unsaturated/α-hetero) is 1. The fourth-order valence-electron chi connectivity index (χ4n) is 6.50. The van der Waals surface area contributed by atoms with Crippen molar-refractivity contribution < 1.29 is 9.53 Å². The second-order valence-corrected chi connectivity index (χ2v) is 11.0. The number of tetrazole rings is 1. The summed E-state index contributed by atoms with van der Waals surface area (Å²) in [5, 5.41) is 13.0. The number of carbonyl (C=O) groups excluding carboxylic acids is 1. The highest BCUT2D eigenvalue weighted by atomic mass is 16.5. The summed E-state index contributed by atoms with van der Waals surface area (Å²) in [5.74, 6) is 1.69. The number of aryl methyl sites for hydroxylation is 2. The number of ether oxygens (including phenoxy) is 1. The van der Waals surface area contributed by atoms with Crippen LogP contribution in [0, 0.1) is 0 Å². The van der Waals surface area contributed by atoms with Crippen molar-refractivity contribution in [3.8, 4) is 5.75 Å². The van der Waals surface area contributed by atoms with E-state index in [9.17, 15) is 4.79 Å². The van der Waals surface area contributed by atoms with Crippen molar-refractivity contribution in [1.29, 1.82) is 0 Å². The van der Waals surface area contributed by atoms with Crippen molar-refractivity contribution in [3.63, 3.8) is 0 Å². The van der Waals surface area contributed by atoms with E-state index in [0.717, 1.165) is 60.9 Å². The minimum absolute atomic E-state index is 0.144. The van der Waals surface area contributed by atoms with Crippen molar-refractivity contribution in [2.45, 2.75) is 63.6 Å². The average Bonchev–Trinajstić information content (AvgIpc) is 3.45. The molecule has 39 heavy (non-hydrogen) atoms. The van der Waals surface area contributed by atoms with Gasteiger partial charge >= 0.3 is 0 Å². The first kappa shape index (κ1) is 25.9. The maximum Gasteiger partial charge on any atom is 0.173 e. The van der Waals surface area contributed by atoms with Gasteiger partial charge in [0.1, 0.15) is 11.8 Å². The Morgan fingerprint density at radius 2 is 1.79 bits per heavy atom. The predicted octanol–water partition coefficient (Wildman–Crippen LogP) is 4.12. The molecule has 2 aromatic carbocycles. The van der Waals surface area contributed by atoms with Crippen LogP contribution in [-0.2, 0) is 24.2 Å². The van der Waals surface area contributed by atoms with Gasteiger partial charge in [0.2, 0.25) is 0 Å². The number of aromatic nitrogens is 4. The van der Waals surface area contributed by atoms with Crippen LogP contribution in [0.2, 0.25) is 0 Å². The van der Waals surface area contributed by atoms with Crippen molar-refractivity contribution in [1.82, 2.24) is 30.0 Å². The largest absolute Gasteiger partial charge is 0.497 e. The Balaban J connectivity index is 1.31. The van der Waals surface area contributed by atoms with E-state index in [-0.39, 0.29) is 11.8 Å². The maximum atomic E-state index is 13.7. The van der Waals surface area contributed by atoms with E-state index in [1.165, 1.54) is 37.7 Å². The lowest BCUT2D eigenvalue weighted by molar-refractivity contribution is -0.115. The van der Waals surface area contributed by atoms with Gasteiger partial charge < -0.3 is 4.74 Å². The molecule has 1 saturated carbocycles. The molecule has 1 aliphatic heterocycles. The molecule has 1 atom stereocenters. The normalized spacial score (nSPS) is 19.9. The summed E-state index contributed by atoms with van der Waals surface area (Å²) in [6.45, 7) is 4.47. The monoisotopic (exact) mass is 526 g/mol. The number of hydrogen-bond donors (Lipinski definition) is 0. The Labute approximate surface area is 230 Å². The molecule has 0 bridgehead atoms. The van der Waals surface area contributed by atoms with E-state index in [4.69, 9.17) is 4.74 Å². The van der Waals surface area contributed by atoms with Gasteiger partial charge in [0.05, 0.1) is 7.11 Å². The van der Waals surface area contributed by atoms with Gasteiger partial charge in [0.15, 0.2) is 11.6 Å². The number of fused-ring (bicyclic) bond motifs is 1. The fraction of sp³-hybridized carbons (Fsp3) is 0.484. The summed E-state index contributed by atoms with van der Waals surface area (Å²) in [4.78, 5) is 18.8. The predicted molar refractivity (Wildman–Crippen MR) is 150 cm³/mol. The van der Waals surface area contributed by atoms with Crippen LogP contribution in [0.5, 0.6) is 5.75 Å². The number of methoxy groups -OCH3 is 1. The van der Waals surface area contributed by atoms with Crippen molar-refractivity contribution in [3.05, 3.63) is 76.6 Å². The Morgan fingerprint density at radius 3 is 2.56 bits per heavy atom. The van der Waals surface area contributed by atoms with Crippen LogP contribution >= 0.6 is 0 Å². The minimum Gasteiger partial charge on any atom is -0.497 e. The average molecular weight is 527 g/mol. The maximum absolute atomic E-state index is 13.7. The first-order chi connectivity index (χ1) is 19.2. The highest BCUT2D eigenvalue weighted by molar-refractivity contribution is 6.04. The van der Waals surface area contributed by atoms with Crippen LogP contribution < -0.4 is 4.74 Å². The van der Waals surface area contributed by atoms with Crippen LogP contribution in [0.3, 0.4) is 0 Å². The summed E-state index contributed by atoms with van der Waals surface area (Å²) >= 11 is 0. The van der Waals surface area contributed by atoms with E-state index in [2.05, 4.69) is 55.7 Å². The summed E-state index contributed by atoms with van der Waals surface area (Å²) in [6, 6.07) is 16.8. The van der Waals surface area contributed by atoms with Crippen LogP contribution in [0.4, 0.5) is 0 Å². The molecule has 3 aliphatic rings. The molecule has 1 unspecified atom stereocenters. The molecule has 1 aromatic heterocycles. The van der Waals surface area contributed by atoms with Crippen LogP contribution in [0.15, 0.2) is 54.1 Å². The SMILES string of the molecule is COc1ccc2c(c1)C=C(C(c1nnnn1CCc1ccccc1)N1CCN(C3CCCCC3)CC1)C(=O)C2.